The van der Waals surface area contributed by atoms with Crippen LogP contribution in [0.25, 0.3) is 5.57 Å². The lowest BCUT2D eigenvalue weighted by atomic mass is 9.93. The van der Waals surface area contributed by atoms with Crippen molar-refractivity contribution < 1.29 is 0 Å². The normalized spacial score (nSPS) is 11.0. The summed E-state index contributed by atoms with van der Waals surface area (Å²) in [6.45, 7) is 12.9. The molecule has 0 aliphatic carbocycles. The molecule has 1 aromatic carbocycles. The van der Waals surface area contributed by atoms with Gasteiger partial charge in [0.05, 0.1) is 0 Å². The molecular weight excluding hydrogens is 276 g/mol. The van der Waals surface area contributed by atoms with Gasteiger partial charge in [0.1, 0.15) is 0 Å². The largest absolute Gasteiger partial charge is 0.0955 e. The van der Waals surface area contributed by atoms with Crippen molar-refractivity contribution in [3.05, 3.63) is 41.0 Å². The van der Waals surface area contributed by atoms with E-state index in [4.69, 9.17) is 0 Å². The Morgan fingerprint density at radius 3 is 1.65 bits per heavy atom. The molecule has 0 aliphatic heterocycles. The zero-order chi connectivity index (χ0) is 17.1. The van der Waals surface area contributed by atoms with Gasteiger partial charge in [0.25, 0.3) is 0 Å². The van der Waals surface area contributed by atoms with E-state index in [1.807, 2.05) is 0 Å². The van der Waals surface area contributed by atoms with Crippen LogP contribution in [0.4, 0.5) is 0 Å². The van der Waals surface area contributed by atoms with Gasteiger partial charge in [-0.15, -0.1) is 0 Å². The van der Waals surface area contributed by atoms with E-state index in [2.05, 4.69) is 46.4 Å². The van der Waals surface area contributed by atoms with Crippen LogP contribution in [0.1, 0.15) is 100 Å². The fraction of sp³-hybridized carbons (Fsp3) is 0.652. The van der Waals surface area contributed by atoms with Gasteiger partial charge in [-0.2, -0.15) is 0 Å². The Kier molecular flexibility index (Phi) is 9.99. The first kappa shape index (κ1) is 20.0. The Balaban J connectivity index is 2.18. The Labute approximate surface area is 145 Å². The van der Waals surface area contributed by atoms with Crippen molar-refractivity contribution in [2.45, 2.75) is 98.3 Å². The highest BCUT2D eigenvalue weighted by Crippen LogP contribution is 2.24. The molecule has 0 unspecified atom stereocenters. The van der Waals surface area contributed by atoms with Crippen molar-refractivity contribution in [1.82, 2.24) is 0 Å². The maximum absolute atomic E-state index is 4.10. The zero-order valence-electron chi connectivity index (χ0n) is 16.1. The summed E-state index contributed by atoms with van der Waals surface area (Å²) in [7, 11) is 0. The summed E-state index contributed by atoms with van der Waals surface area (Å²) < 4.78 is 0. The Morgan fingerprint density at radius 2 is 1.22 bits per heavy atom. The highest BCUT2D eigenvalue weighted by molar-refractivity contribution is 5.67. The smallest absolute Gasteiger partial charge is 0.0174 e. The minimum Gasteiger partial charge on any atom is -0.0955 e. The molecule has 0 nitrogen and oxygen atoms in total. The summed E-state index contributed by atoms with van der Waals surface area (Å²) in [4.78, 5) is 0. The Bertz CT molecular complexity index is 444. The van der Waals surface area contributed by atoms with E-state index < -0.39 is 0 Å². The van der Waals surface area contributed by atoms with E-state index in [1.165, 1.54) is 98.5 Å². The van der Waals surface area contributed by atoms with E-state index >= 15 is 0 Å². The minimum atomic E-state index is 1.19. The van der Waals surface area contributed by atoms with Crippen LogP contribution in [0.2, 0.25) is 0 Å². The maximum atomic E-state index is 4.10. The molecule has 0 amide bonds. The monoisotopic (exact) mass is 314 g/mol. The number of allylic oxidation sites excluding steroid dienone is 1. The number of benzene rings is 1. The predicted molar refractivity (Wildman–Crippen MR) is 106 cm³/mol. The maximum Gasteiger partial charge on any atom is -0.0174 e. The molecule has 130 valence electrons. The number of aryl methyl sites for hydroxylation is 3. The van der Waals surface area contributed by atoms with E-state index in [0.29, 0.717) is 0 Å². The van der Waals surface area contributed by atoms with Crippen molar-refractivity contribution in [3.8, 4) is 0 Å². The van der Waals surface area contributed by atoms with Crippen LogP contribution >= 0.6 is 0 Å². The molecule has 1 aromatic rings. The first-order valence-electron chi connectivity index (χ1n) is 9.82. The number of hydrogen-bond donors (Lipinski definition) is 0. The summed E-state index contributed by atoms with van der Waals surface area (Å²) in [6, 6.07) is 4.73. The molecule has 0 fully saturated rings. The van der Waals surface area contributed by atoms with Crippen molar-refractivity contribution in [2.24, 2.45) is 0 Å². The molecule has 0 aromatic heterocycles. The van der Waals surface area contributed by atoms with Gasteiger partial charge < -0.3 is 0 Å². The average Bonchev–Trinajstić information content (AvgIpc) is 2.48. The molecule has 1 rings (SSSR count). The van der Waals surface area contributed by atoms with E-state index in [-0.39, 0.29) is 0 Å². The first-order valence-corrected chi connectivity index (χ1v) is 9.82. The first-order chi connectivity index (χ1) is 11.1. The molecule has 0 radical (unpaired) electrons. The van der Waals surface area contributed by atoms with Crippen molar-refractivity contribution in [3.63, 3.8) is 0 Å². The molecule has 0 atom stereocenters. The van der Waals surface area contributed by atoms with E-state index in [0.717, 1.165) is 0 Å². The van der Waals surface area contributed by atoms with Crippen molar-refractivity contribution in [1.29, 1.82) is 0 Å². The van der Waals surface area contributed by atoms with Crippen molar-refractivity contribution >= 4 is 5.57 Å². The van der Waals surface area contributed by atoms with Crippen LogP contribution in [0.3, 0.4) is 0 Å². The molecule has 0 spiro atoms. The summed E-state index contributed by atoms with van der Waals surface area (Å²) in [5.74, 6) is 0. The summed E-state index contributed by atoms with van der Waals surface area (Å²) >= 11 is 0. The van der Waals surface area contributed by atoms with Gasteiger partial charge in [-0.3, -0.25) is 0 Å². The zero-order valence-corrected chi connectivity index (χ0v) is 16.1. The summed E-state index contributed by atoms with van der Waals surface area (Å²) in [6.07, 6.45) is 15.3. The van der Waals surface area contributed by atoms with Gasteiger partial charge >= 0.3 is 0 Å². The topological polar surface area (TPSA) is 0 Å². The van der Waals surface area contributed by atoms with Gasteiger partial charge in [0.15, 0.2) is 0 Å². The van der Waals surface area contributed by atoms with Crippen LogP contribution in [-0.2, 0) is 6.42 Å². The standard InChI is InChI=1S/C23H38/c1-6-7-8-9-10-11-12-13-14-15-16-22-17-20(4)23(19(2)3)21(5)18-22/h17-18H,2,6-16H2,1,3-5H3. The second-order valence-electron chi connectivity index (χ2n) is 7.32. The molecule has 0 heteroatoms. The third kappa shape index (κ3) is 7.86. The summed E-state index contributed by atoms with van der Waals surface area (Å²) in [5.41, 5.74) is 6.83. The van der Waals surface area contributed by atoms with Crippen molar-refractivity contribution in [2.75, 3.05) is 0 Å². The third-order valence-corrected chi connectivity index (χ3v) is 4.84. The number of rotatable bonds is 12. The van der Waals surface area contributed by atoms with E-state index in [9.17, 15) is 0 Å². The lowest BCUT2D eigenvalue weighted by Gasteiger charge is -2.12. The quantitative estimate of drug-likeness (QED) is 0.345. The molecule has 0 saturated carbocycles. The second-order valence-corrected chi connectivity index (χ2v) is 7.32. The fourth-order valence-electron chi connectivity index (χ4n) is 3.69. The van der Waals surface area contributed by atoms with Gasteiger partial charge in [0.2, 0.25) is 0 Å². The molecular formula is C23H38. The molecule has 0 aliphatic rings. The predicted octanol–water partition coefficient (Wildman–Crippen LogP) is 7.80. The average molecular weight is 315 g/mol. The van der Waals surface area contributed by atoms with Crippen LogP contribution in [-0.4, -0.2) is 0 Å². The van der Waals surface area contributed by atoms with Crippen LogP contribution < -0.4 is 0 Å². The number of hydrogen-bond acceptors (Lipinski definition) is 0. The minimum absolute atomic E-state index is 1.19. The molecule has 0 N–H and O–H groups in total. The second kappa shape index (κ2) is 11.5. The fourth-order valence-corrected chi connectivity index (χ4v) is 3.69. The molecule has 0 saturated heterocycles. The summed E-state index contributed by atoms with van der Waals surface area (Å²) in [5, 5.41) is 0. The van der Waals surface area contributed by atoms with Gasteiger partial charge in [-0.25, -0.2) is 0 Å². The molecule has 0 heterocycles. The van der Waals surface area contributed by atoms with Gasteiger partial charge in [-0.05, 0) is 55.9 Å². The third-order valence-electron chi connectivity index (χ3n) is 4.84. The lowest BCUT2D eigenvalue weighted by Crippen LogP contribution is -1.95. The van der Waals surface area contributed by atoms with Crippen LogP contribution in [0.5, 0.6) is 0 Å². The van der Waals surface area contributed by atoms with Gasteiger partial charge in [-0.1, -0.05) is 89.0 Å². The van der Waals surface area contributed by atoms with Crippen LogP contribution in [0, 0.1) is 13.8 Å². The molecule has 23 heavy (non-hydrogen) atoms. The highest BCUT2D eigenvalue weighted by Gasteiger charge is 2.05. The number of unbranched alkanes of at least 4 members (excludes halogenated alkanes) is 9. The Hall–Kier alpha value is -1.04. The van der Waals surface area contributed by atoms with E-state index in [1.54, 1.807) is 0 Å². The SMILES string of the molecule is C=C(C)c1c(C)cc(CCCCCCCCCCCC)cc1C. The molecule has 0 bridgehead atoms. The lowest BCUT2D eigenvalue weighted by molar-refractivity contribution is 0.556. The van der Waals surface area contributed by atoms with Gasteiger partial charge in [0, 0.05) is 0 Å². The van der Waals surface area contributed by atoms with Crippen LogP contribution in [0.15, 0.2) is 18.7 Å². The highest BCUT2D eigenvalue weighted by atomic mass is 14.1. The Morgan fingerprint density at radius 1 is 0.783 bits per heavy atom.